The van der Waals surface area contributed by atoms with Crippen LogP contribution in [-0.2, 0) is 9.59 Å². The Labute approximate surface area is 85.0 Å². The van der Waals surface area contributed by atoms with Crippen molar-refractivity contribution < 1.29 is 14.7 Å². The summed E-state index contributed by atoms with van der Waals surface area (Å²) >= 11 is 3.12. The number of rotatable bonds is 2. The van der Waals surface area contributed by atoms with E-state index in [-0.39, 0.29) is 5.91 Å². The van der Waals surface area contributed by atoms with Gasteiger partial charge in [0.25, 0.3) is 0 Å². The summed E-state index contributed by atoms with van der Waals surface area (Å²) in [5.74, 6) is -1.09. The summed E-state index contributed by atoms with van der Waals surface area (Å²) in [5.41, 5.74) is 0. The lowest BCUT2D eigenvalue weighted by Crippen LogP contribution is -2.48. The predicted molar refractivity (Wildman–Crippen MR) is 50.5 cm³/mol. The molecule has 0 spiro atoms. The van der Waals surface area contributed by atoms with E-state index in [9.17, 15) is 9.59 Å². The quantitative estimate of drug-likeness (QED) is 0.591. The zero-order valence-electron chi connectivity index (χ0n) is 7.42. The number of carboxylic acid groups (broad SMARTS) is 1. The third-order valence-electron chi connectivity index (χ3n) is 2.25. The molecule has 1 atom stereocenters. The van der Waals surface area contributed by atoms with E-state index < -0.39 is 10.4 Å². The van der Waals surface area contributed by atoms with Crippen LogP contribution in [0.5, 0.6) is 0 Å². The van der Waals surface area contributed by atoms with Crippen LogP contribution in [0, 0.1) is 0 Å². The van der Waals surface area contributed by atoms with E-state index in [2.05, 4.69) is 15.9 Å². The van der Waals surface area contributed by atoms with Crippen molar-refractivity contribution in [2.45, 2.75) is 30.6 Å². The molecule has 4 nitrogen and oxygen atoms in total. The second-order valence-corrected chi connectivity index (χ2v) is 4.38. The molecule has 0 aromatic heterocycles. The molecule has 0 saturated carbocycles. The molecule has 74 valence electrons. The maximum absolute atomic E-state index is 11.4. The average Bonchev–Trinajstić information content (AvgIpc) is 2.47. The van der Waals surface area contributed by atoms with Crippen LogP contribution >= 0.6 is 15.9 Å². The lowest BCUT2D eigenvalue weighted by atomic mass is 10.2. The average molecular weight is 250 g/mol. The Morgan fingerprint density at radius 2 is 2.23 bits per heavy atom. The maximum Gasteiger partial charge on any atom is 0.340 e. The van der Waals surface area contributed by atoms with Crippen LogP contribution in [0.2, 0.25) is 0 Å². The molecule has 0 bridgehead atoms. The number of carbonyl (C=O) groups is 2. The number of alkyl halides is 1. The largest absolute Gasteiger partial charge is 0.479 e. The standard InChI is InChI=1S/C8H12BrNO3/c1-2-6(11)10-5-3-4-8(10,9)7(12)13/h2-5H2,1H3,(H,12,13). The van der Waals surface area contributed by atoms with E-state index in [0.717, 1.165) is 6.42 Å². The lowest BCUT2D eigenvalue weighted by molar-refractivity contribution is -0.149. The molecule has 1 heterocycles. The molecule has 0 aliphatic carbocycles. The van der Waals surface area contributed by atoms with Crippen LogP contribution in [-0.4, -0.2) is 32.9 Å². The van der Waals surface area contributed by atoms with Crippen molar-refractivity contribution >= 4 is 27.8 Å². The molecule has 5 heteroatoms. The number of amides is 1. The van der Waals surface area contributed by atoms with Crippen LogP contribution in [0.15, 0.2) is 0 Å². The van der Waals surface area contributed by atoms with Crippen molar-refractivity contribution in [1.82, 2.24) is 4.90 Å². The fourth-order valence-electron chi connectivity index (χ4n) is 1.52. The number of hydrogen-bond donors (Lipinski definition) is 1. The number of hydrogen-bond acceptors (Lipinski definition) is 2. The number of carbonyl (C=O) groups excluding carboxylic acids is 1. The van der Waals surface area contributed by atoms with E-state index in [4.69, 9.17) is 5.11 Å². The Balaban J connectivity index is 2.85. The van der Waals surface area contributed by atoms with E-state index in [1.807, 2.05) is 0 Å². The maximum atomic E-state index is 11.4. The third kappa shape index (κ3) is 1.70. The summed E-state index contributed by atoms with van der Waals surface area (Å²) in [6, 6.07) is 0. The molecular weight excluding hydrogens is 238 g/mol. The topological polar surface area (TPSA) is 57.6 Å². The van der Waals surface area contributed by atoms with Gasteiger partial charge < -0.3 is 10.0 Å². The number of nitrogens with zero attached hydrogens (tertiary/aromatic N) is 1. The molecule has 1 fully saturated rings. The van der Waals surface area contributed by atoms with Crippen LogP contribution < -0.4 is 0 Å². The predicted octanol–water partition coefficient (Wildman–Crippen LogP) is 1.19. The second-order valence-electron chi connectivity index (χ2n) is 3.07. The minimum Gasteiger partial charge on any atom is -0.479 e. The number of likely N-dealkylation sites (tertiary alicyclic amines) is 1. The van der Waals surface area contributed by atoms with Crippen LogP contribution in [0.25, 0.3) is 0 Å². The molecule has 1 aliphatic rings. The van der Waals surface area contributed by atoms with Gasteiger partial charge in [-0.1, -0.05) is 6.92 Å². The van der Waals surface area contributed by atoms with Crippen LogP contribution in [0.3, 0.4) is 0 Å². The van der Waals surface area contributed by atoms with Crippen molar-refractivity contribution in [3.63, 3.8) is 0 Å². The fraction of sp³-hybridized carbons (Fsp3) is 0.750. The zero-order valence-corrected chi connectivity index (χ0v) is 9.00. The molecule has 1 unspecified atom stereocenters. The minimum absolute atomic E-state index is 0.114. The van der Waals surface area contributed by atoms with Crippen molar-refractivity contribution in [3.05, 3.63) is 0 Å². The van der Waals surface area contributed by atoms with Gasteiger partial charge in [-0.3, -0.25) is 4.79 Å². The minimum atomic E-state index is -1.15. The summed E-state index contributed by atoms with van der Waals surface area (Å²) in [6.45, 7) is 2.26. The Morgan fingerprint density at radius 3 is 2.69 bits per heavy atom. The van der Waals surface area contributed by atoms with E-state index in [0.29, 0.717) is 19.4 Å². The van der Waals surface area contributed by atoms with Gasteiger partial charge in [0.05, 0.1) is 0 Å². The van der Waals surface area contributed by atoms with Gasteiger partial charge in [-0.2, -0.15) is 0 Å². The highest BCUT2D eigenvalue weighted by atomic mass is 79.9. The highest BCUT2D eigenvalue weighted by Crippen LogP contribution is 2.35. The number of carboxylic acids is 1. The zero-order chi connectivity index (χ0) is 10.1. The molecule has 1 aliphatic heterocycles. The first-order valence-electron chi connectivity index (χ1n) is 4.25. The molecule has 0 aromatic carbocycles. The second kappa shape index (κ2) is 3.65. The Morgan fingerprint density at radius 1 is 1.62 bits per heavy atom. The lowest BCUT2D eigenvalue weighted by Gasteiger charge is -2.28. The van der Waals surface area contributed by atoms with Crippen molar-refractivity contribution in [2.24, 2.45) is 0 Å². The van der Waals surface area contributed by atoms with Gasteiger partial charge in [-0.15, -0.1) is 0 Å². The molecule has 13 heavy (non-hydrogen) atoms. The summed E-state index contributed by atoms with van der Waals surface area (Å²) < 4.78 is -1.15. The van der Waals surface area contributed by atoms with Gasteiger partial charge >= 0.3 is 5.97 Å². The molecule has 1 rings (SSSR count). The molecule has 0 radical (unpaired) electrons. The Bertz CT molecular complexity index is 244. The van der Waals surface area contributed by atoms with Gasteiger partial charge in [0, 0.05) is 13.0 Å². The summed E-state index contributed by atoms with van der Waals surface area (Å²) in [5, 5.41) is 8.95. The van der Waals surface area contributed by atoms with Gasteiger partial charge in [0.2, 0.25) is 5.91 Å². The first kappa shape index (κ1) is 10.5. The van der Waals surface area contributed by atoms with E-state index >= 15 is 0 Å². The summed E-state index contributed by atoms with van der Waals surface area (Å²) in [7, 11) is 0. The van der Waals surface area contributed by atoms with Crippen LogP contribution in [0.4, 0.5) is 0 Å². The van der Waals surface area contributed by atoms with Gasteiger partial charge in [0.1, 0.15) is 0 Å². The first-order valence-corrected chi connectivity index (χ1v) is 5.04. The molecule has 1 N–H and O–H groups in total. The van der Waals surface area contributed by atoms with Gasteiger partial charge in [0.15, 0.2) is 4.45 Å². The highest BCUT2D eigenvalue weighted by molar-refractivity contribution is 9.10. The SMILES string of the molecule is CCC(=O)N1CCCC1(Br)C(=O)O. The van der Waals surface area contributed by atoms with E-state index in [1.165, 1.54) is 4.90 Å². The van der Waals surface area contributed by atoms with Gasteiger partial charge in [-0.05, 0) is 28.8 Å². The third-order valence-corrected chi connectivity index (χ3v) is 3.41. The van der Waals surface area contributed by atoms with Crippen molar-refractivity contribution in [1.29, 1.82) is 0 Å². The molecular formula is C8H12BrNO3. The Kier molecular flexibility index (Phi) is 2.95. The fourth-order valence-corrected chi connectivity index (χ4v) is 2.17. The molecule has 1 saturated heterocycles. The van der Waals surface area contributed by atoms with E-state index in [1.54, 1.807) is 6.92 Å². The highest BCUT2D eigenvalue weighted by Gasteiger charge is 2.47. The monoisotopic (exact) mass is 249 g/mol. The van der Waals surface area contributed by atoms with Gasteiger partial charge in [-0.25, -0.2) is 4.79 Å². The number of aliphatic carboxylic acids is 1. The summed E-state index contributed by atoms with van der Waals surface area (Å²) in [4.78, 5) is 23.7. The smallest absolute Gasteiger partial charge is 0.340 e. The van der Waals surface area contributed by atoms with Crippen molar-refractivity contribution in [2.75, 3.05) is 6.54 Å². The van der Waals surface area contributed by atoms with Crippen molar-refractivity contribution in [3.8, 4) is 0 Å². The molecule has 1 amide bonds. The Hall–Kier alpha value is -0.580. The molecule has 0 aromatic rings. The number of halogens is 1. The normalized spacial score (nSPS) is 27.7. The first-order chi connectivity index (χ1) is 6.02. The summed E-state index contributed by atoms with van der Waals surface area (Å²) in [6.07, 6.45) is 1.57. The van der Waals surface area contributed by atoms with Crippen LogP contribution in [0.1, 0.15) is 26.2 Å².